The van der Waals surface area contributed by atoms with Crippen LogP contribution in [0.4, 0.5) is 5.69 Å². The molecule has 0 aromatic heterocycles. The van der Waals surface area contributed by atoms with E-state index in [4.69, 9.17) is 10.9 Å². The highest BCUT2D eigenvalue weighted by Crippen LogP contribution is 2.34. The van der Waals surface area contributed by atoms with Crippen molar-refractivity contribution in [2.24, 2.45) is 5.14 Å². The predicted molar refractivity (Wildman–Crippen MR) is 82.3 cm³/mol. The molecule has 0 radical (unpaired) electrons. The molecule has 106 valence electrons. The SMILES string of the molecule is Cc1ccc(Sc2cc(S(N)(=O)=O)ccc2N)cc1C. The zero-order chi connectivity index (χ0) is 14.9. The molecule has 20 heavy (non-hydrogen) atoms. The van der Waals surface area contributed by atoms with Crippen molar-refractivity contribution in [3.8, 4) is 0 Å². The lowest BCUT2D eigenvalue weighted by molar-refractivity contribution is 0.597. The van der Waals surface area contributed by atoms with E-state index < -0.39 is 10.0 Å². The molecule has 2 aromatic rings. The Morgan fingerprint density at radius 2 is 1.70 bits per heavy atom. The lowest BCUT2D eigenvalue weighted by atomic mass is 10.1. The summed E-state index contributed by atoms with van der Waals surface area (Å²) >= 11 is 1.42. The Kier molecular flexibility index (Phi) is 4.08. The molecule has 0 bridgehead atoms. The standard InChI is InChI=1S/C14H16N2O2S2/c1-9-3-4-11(7-10(9)2)19-14-8-12(20(16,17)18)5-6-13(14)15/h3-8H,15H2,1-2H3,(H2,16,17,18). The molecule has 0 aliphatic carbocycles. The van der Waals surface area contributed by atoms with Gasteiger partial charge in [0, 0.05) is 15.5 Å². The van der Waals surface area contributed by atoms with Crippen LogP contribution in [-0.2, 0) is 10.0 Å². The minimum Gasteiger partial charge on any atom is -0.398 e. The summed E-state index contributed by atoms with van der Waals surface area (Å²) in [5.74, 6) is 0. The van der Waals surface area contributed by atoms with E-state index in [1.807, 2.05) is 32.0 Å². The van der Waals surface area contributed by atoms with Gasteiger partial charge >= 0.3 is 0 Å². The van der Waals surface area contributed by atoms with Gasteiger partial charge in [0.15, 0.2) is 0 Å². The van der Waals surface area contributed by atoms with E-state index >= 15 is 0 Å². The average Bonchev–Trinajstić information content (AvgIpc) is 2.35. The van der Waals surface area contributed by atoms with Crippen LogP contribution in [0.1, 0.15) is 11.1 Å². The van der Waals surface area contributed by atoms with Crippen LogP contribution < -0.4 is 10.9 Å². The van der Waals surface area contributed by atoms with Gasteiger partial charge in [0.2, 0.25) is 10.0 Å². The van der Waals surface area contributed by atoms with Gasteiger partial charge in [-0.3, -0.25) is 0 Å². The fourth-order valence-corrected chi connectivity index (χ4v) is 3.30. The highest BCUT2D eigenvalue weighted by molar-refractivity contribution is 7.99. The van der Waals surface area contributed by atoms with Crippen LogP contribution in [0.2, 0.25) is 0 Å². The van der Waals surface area contributed by atoms with Crippen LogP contribution in [0.15, 0.2) is 51.1 Å². The van der Waals surface area contributed by atoms with Crippen molar-refractivity contribution < 1.29 is 8.42 Å². The second-order valence-corrected chi connectivity index (χ2v) is 7.27. The van der Waals surface area contributed by atoms with Gasteiger partial charge in [-0.1, -0.05) is 17.8 Å². The van der Waals surface area contributed by atoms with Gasteiger partial charge < -0.3 is 5.73 Å². The van der Waals surface area contributed by atoms with Crippen molar-refractivity contribution in [2.45, 2.75) is 28.5 Å². The summed E-state index contributed by atoms with van der Waals surface area (Å²) < 4.78 is 22.8. The van der Waals surface area contributed by atoms with Crippen molar-refractivity contribution in [1.82, 2.24) is 0 Å². The molecule has 6 heteroatoms. The van der Waals surface area contributed by atoms with Crippen molar-refractivity contribution in [3.63, 3.8) is 0 Å². The number of primary sulfonamides is 1. The van der Waals surface area contributed by atoms with Gasteiger partial charge in [-0.2, -0.15) is 0 Å². The summed E-state index contributed by atoms with van der Waals surface area (Å²) in [6, 6.07) is 10.5. The van der Waals surface area contributed by atoms with E-state index in [0.717, 1.165) is 4.90 Å². The van der Waals surface area contributed by atoms with Gasteiger partial charge in [0.05, 0.1) is 4.90 Å². The smallest absolute Gasteiger partial charge is 0.238 e. The van der Waals surface area contributed by atoms with Gasteiger partial charge in [-0.05, 0) is 55.3 Å². The molecule has 0 spiro atoms. The largest absolute Gasteiger partial charge is 0.398 e. The summed E-state index contributed by atoms with van der Waals surface area (Å²) in [4.78, 5) is 1.75. The van der Waals surface area contributed by atoms with E-state index in [2.05, 4.69) is 0 Å². The molecule has 0 atom stereocenters. The fraction of sp³-hybridized carbons (Fsp3) is 0.143. The molecular weight excluding hydrogens is 292 g/mol. The van der Waals surface area contributed by atoms with Crippen molar-refractivity contribution in [3.05, 3.63) is 47.5 Å². The monoisotopic (exact) mass is 308 g/mol. The number of rotatable bonds is 3. The lowest BCUT2D eigenvalue weighted by Gasteiger charge is -2.09. The molecule has 0 saturated heterocycles. The third-order valence-electron chi connectivity index (χ3n) is 3.02. The zero-order valence-electron chi connectivity index (χ0n) is 11.3. The first-order valence-corrected chi connectivity index (χ1v) is 8.31. The number of sulfonamides is 1. The number of anilines is 1. The number of aryl methyl sites for hydroxylation is 2. The quantitative estimate of drug-likeness (QED) is 0.854. The summed E-state index contributed by atoms with van der Waals surface area (Å²) in [6.07, 6.45) is 0. The summed E-state index contributed by atoms with van der Waals surface area (Å²) in [7, 11) is -3.72. The summed E-state index contributed by atoms with van der Waals surface area (Å²) in [6.45, 7) is 4.07. The maximum absolute atomic E-state index is 11.4. The average molecular weight is 308 g/mol. The molecule has 0 heterocycles. The number of nitrogen functional groups attached to an aromatic ring is 1. The third-order valence-corrected chi connectivity index (χ3v) is 4.99. The maximum Gasteiger partial charge on any atom is 0.238 e. The van der Waals surface area contributed by atoms with Crippen LogP contribution >= 0.6 is 11.8 Å². The second kappa shape index (κ2) is 5.47. The highest BCUT2D eigenvalue weighted by Gasteiger charge is 2.11. The van der Waals surface area contributed by atoms with E-state index in [1.54, 1.807) is 6.07 Å². The Labute approximate surface area is 123 Å². The van der Waals surface area contributed by atoms with Crippen molar-refractivity contribution in [2.75, 3.05) is 5.73 Å². The van der Waals surface area contributed by atoms with E-state index in [1.165, 1.54) is 35.0 Å². The van der Waals surface area contributed by atoms with Gasteiger partial charge in [-0.25, -0.2) is 13.6 Å². The fourth-order valence-electron chi connectivity index (χ4n) is 1.68. The first-order valence-electron chi connectivity index (χ1n) is 5.95. The second-order valence-electron chi connectivity index (χ2n) is 4.59. The van der Waals surface area contributed by atoms with Crippen LogP contribution in [0.3, 0.4) is 0 Å². The maximum atomic E-state index is 11.4. The number of nitrogens with two attached hydrogens (primary N) is 2. The molecule has 0 aliphatic heterocycles. The van der Waals surface area contributed by atoms with Crippen LogP contribution in [-0.4, -0.2) is 8.42 Å². The minimum atomic E-state index is -3.72. The van der Waals surface area contributed by atoms with Gasteiger partial charge in [-0.15, -0.1) is 0 Å². The molecular formula is C14H16N2O2S2. The van der Waals surface area contributed by atoms with Gasteiger partial charge in [0.1, 0.15) is 0 Å². The molecule has 2 rings (SSSR count). The highest BCUT2D eigenvalue weighted by atomic mass is 32.2. The molecule has 4 N–H and O–H groups in total. The zero-order valence-corrected chi connectivity index (χ0v) is 12.9. The normalized spacial score (nSPS) is 11.6. The lowest BCUT2D eigenvalue weighted by Crippen LogP contribution is -2.12. The Bertz CT molecular complexity index is 756. The molecule has 0 saturated carbocycles. The van der Waals surface area contributed by atoms with Crippen LogP contribution in [0.25, 0.3) is 0 Å². The van der Waals surface area contributed by atoms with Crippen molar-refractivity contribution in [1.29, 1.82) is 0 Å². The predicted octanol–water partition coefficient (Wildman–Crippen LogP) is 2.68. The Balaban J connectivity index is 2.40. The van der Waals surface area contributed by atoms with E-state index in [-0.39, 0.29) is 4.90 Å². The van der Waals surface area contributed by atoms with Crippen LogP contribution in [0, 0.1) is 13.8 Å². The van der Waals surface area contributed by atoms with E-state index in [0.29, 0.717) is 10.6 Å². The Morgan fingerprint density at radius 3 is 2.30 bits per heavy atom. The first kappa shape index (κ1) is 14.9. The van der Waals surface area contributed by atoms with Crippen LogP contribution in [0.5, 0.6) is 0 Å². The number of benzene rings is 2. The van der Waals surface area contributed by atoms with Crippen molar-refractivity contribution >= 4 is 27.5 Å². The molecule has 0 unspecified atom stereocenters. The summed E-state index contributed by atoms with van der Waals surface area (Å²) in [5.41, 5.74) is 8.81. The Morgan fingerprint density at radius 1 is 1.00 bits per heavy atom. The Hall–Kier alpha value is -1.50. The van der Waals surface area contributed by atoms with E-state index in [9.17, 15) is 8.42 Å². The topological polar surface area (TPSA) is 86.2 Å². The van der Waals surface area contributed by atoms with Gasteiger partial charge in [0.25, 0.3) is 0 Å². The summed E-state index contributed by atoms with van der Waals surface area (Å²) in [5, 5.41) is 5.14. The number of hydrogen-bond acceptors (Lipinski definition) is 4. The molecule has 2 aromatic carbocycles. The molecule has 4 nitrogen and oxygen atoms in total. The first-order chi connectivity index (χ1) is 9.27. The number of hydrogen-bond donors (Lipinski definition) is 2. The third kappa shape index (κ3) is 3.33. The molecule has 0 aliphatic rings. The molecule has 0 amide bonds. The molecule has 0 fully saturated rings. The minimum absolute atomic E-state index is 0.0676.